The number of ether oxygens (including phenoxy) is 2. The second-order valence-corrected chi connectivity index (χ2v) is 1.46. The van der Waals surface area contributed by atoms with E-state index < -0.39 is 0 Å². The van der Waals surface area contributed by atoms with Crippen molar-refractivity contribution in [2.45, 2.75) is 0 Å². The lowest BCUT2D eigenvalue weighted by Gasteiger charge is -1.92. The molecule has 0 aliphatic carbocycles. The molecule has 1 fully saturated rings. The van der Waals surface area contributed by atoms with Gasteiger partial charge in [-0.1, -0.05) is 0 Å². The van der Waals surface area contributed by atoms with Crippen LogP contribution in [0, 0.1) is 0 Å². The van der Waals surface area contributed by atoms with Crippen LogP contribution in [-0.4, -0.2) is 19.8 Å². The first kappa shape index (κ1) is 5.44. The summed E-state index contributed by atoms with van der Waals surface area (Å²) in [5, 5.41) is 0. The van der Waals surface area contributed by atoms with E-state index in [0.717, 1.165) is 0 Å². The van der Waals surface area contributed by atoms with E-state index >= 15 is 0 Å². The molecule has 1 aliphatic rings. The zero-order valence-electron chi connectivity index (χ0n) is 4.59. The Balaban J connectivity index is 2.33. The van der Waals surface area contributed by atoms with E-state index in [1.54, 1.807) is 6.08 Å². The Bertz CT molecular complexity index is 92.6. The average Bonchev–Trinajstić information content (AvgIpc) is 2.19. The van der Waals surface area contributed by atoms with Gasteiger partial charge in [0.05, 0.1) is 0 Å². The fraction of sp³-hybridized carbons (Fsp3) is 0.600. The summed E-state index contributed by atoms with van der Waals surface area (Å²) in [6.45, 7) is 1.80. The molecule has 46 valence electrons. The SMILES string of the molecule is NCC=C1OCCO1. The topological polar surface area (TPSA) is 44.5 Å². The van der Waals surface area contributed by atoms with Crippen LogP contribution in [-0.2, 0) is 9.47 Å². The van der Waals surface area contributed by atoms with Crippen molar-refractivity contribution in [3.63, 3.8) is 0 Å². The molecule has 1 rings (SSSR count). The van der Waals surface area contributed by atoms with Gasteiger partial charge in [0.15, 0.2) is 0 Å². The summed E-state index contributed by atoms with van der Waals surface area (Å²) in [5.74, 6) is 0.576. The molecule has 3 heteroatoms. The lowest BCUT2D eigenvalue weighted by Crippen LogP contribution is -1.95. The average molecular weight is 115 g/mol. The maximum absolute atomic E-state index is 5.17. The Labute approximate surface area is 48.1 Å². The van der Waals surface area contributed by atoms with Crippen LogP contribution in [0.5, 0.6) is 0 Å². The minimum absolute atomic E-state index is 0.481. The van der Waals surface area contributed by atoms with Crippen molar-refractivity contribution < 1.29 is 9.47 Å². The van der Waals surface area contributed by atoms with Crippen LogP contribution in [0.3, 0.4) is 0 Å². The van der Waals surface area contributed by atoms with Crippen molar-refractivity contribution in [3.8, 4) is 0 Å². The lowest BCUT2D eigenvalue weighted by molar-refractivity contribution is 0.174. The minimum atomic E-state index is 0.481. The second kappa shape index (κ2) is 2.57. The standard InChI is InChI=1S/C5H9NO2/c6-2-1-5-7-3-4-8-5/h1H,2-4,6H2. The third-order valence-corrected chi connectivity index (χ3v) is 0.856. The molecule has 0 saturated carbocycles. The first-order chi connectivity index (χ1) is 3.93. The molecule has 0 spiro atoms. The van der Waals surface area contributed by atoms with Crippen LogP contribution in [0.15, 0.2) is 12.0 Å². The molecule has 0 amide bonds. The van der Waals surface area contributed by atoms with Crippen molar-refractivity contribution in [3.05, 3.63) is 12.0 Å². The Morgan fingerprint density at radius 3 is 2.62 bits per heavy atom. The predicted molar refractivity (Wildman–Crippen MR) is 29.0 cm³/mol. The van der Waals surface area contributed by atoms with Crippen molar-refractivity contribution in [2.24, 2.45) is 5.73 Å². The van der Waals surface area contributed by atoms with Crippen LogP contribution in [0.2, 0.25) is 0 Å². The maximum atomic E-state index is 5.17. The molecule has 1 saturated heterocycles. The molecule has 0 aromatic heterocycles. The smallest absolute Gasteiger partial charge is 0.276 e. The third-order valence-electron chi connectivity index (χ3n) is 0.856. The normalized spacial score (nSPS) is 17.4. The van der Waals surface area contributed by atoms with Gasteiger partial charge >= 0.3 is 0 Å². The maximum Gasteiger partial charge on any atom is 0.276 e. The summed E-state index contributed by atoms with van der Waals surface area (Å²) in [5.41, 5.74) is 5.17. The molecule has 0 unspecified atom stereocenters. The van der Waals surface area contributed by atoms with Crippen LogP contribution in [0.1, 0.15) is 0 Å². The lowest BCUT2D eigenvalue weighted by atomic mass is 10.6. The van der Waals surface area contributed by atoms with Gasteiger partial charge in [-0.05, 0) is 0 Å². The molecule has 1 aliphatic heterocycles. The van der Waals surface area contributed by atoms with Gasteiger partial charge in [0.1, 0.15) is 13.2 Å². The molecule has 0 bridgehead atoms. The van der Waals surface area contributed by atoms with Gasteiger partial charge in [-0.2, -0.15) is 0 Å². The Hall–Kier alpha value is -0.700. The monoisotopic (exact) mass is 115 g/mol. The highest BCUT2D eigenvalue weighted by Crippen LogP contribution is 2.05. The van der Waals surface area contributed by atoms with E-state index in [9.17, 15) is 0 Å². The molecule has 8 heavy (non-hydrogen) atoms. The number of rotatable bonds is 1. The summed E-state index contributed by atoms with van der Waals surface area (Å²) >= 11 is 0. The van der Waals surface area contributed by atoms with Gasteiger partial charge in [0.2, 0.25) is 0 Å². The number of hydrogen-bond acceptors (Lipinski definition) is 3. The first-order valence-corrected chi connectivity index (χ1v) is 2.59. The van der Waals surface area contributed by atoms with E-state index in [0.29, 0.717) is 25.7 Å². The second-order valence-electron chi connectivity index (χ2n) is 1.46. The summed E-state index contributed by atoms with van der Waals surface area (Å²) in [6, 6.07) is 0. The Morgan fingerprint density at radius 2 is 2.12 bits per heavy atom. The van der Waals surface area contributed by atoms with Gasteiger partial charge in [-0.15, -0.1) is 0 Å². The van der Waals surface area contributed by atoms with E-state index in [2.05, 4.69) is 0 Å². The van der Waals surface area contributed by atoms with Crippen LogP contribution in [0.4, 0.5) is 0 Å². The zero-order chi connectivity index (χ0) is 5.82. The molecule has 0 aromatic carbocycles. The highest BCUT2D eigenvalue weighted by atomic mass is 16.7. The summed E-state index contributed by atoms with van der Waals surface area (Å²) in [4.78, 5) is 0. The van der Waals surface area contributed by atoms with Gasteiger partial charge in [0, 0.05) is 12.6 Å². The molecule has 2 N–H and O–H groups in total. The highest BCUT2D eigenvalue weighted by Gasteiger charge is 2.05. The highest BCUT2D eigenvalue weighted by molar-refractivity contribution is 4.86. The summed E-state index contributed by atoms with van der Waals surface area (Å²) < 4.78 is 9.90. The number of hydrogen-bond donors (Lipinski definition) is 1. The Morgan fingerprint density at radius 1 is 1.50 bits per heavy atom. The molecular weight excluding hydrogens is 106 g/mol. The molecule has 0 aromatic rings. The van der Waals surface area contributed by atoms with Gasteiger partial charge in [0.25, 0.3) is 5.95 Å². The van der Waals surface area contributed by atoms with Crippen LogP contribution >= 0.6 is 0 Å². The molecule has 3 nitrogen and oxygen atoms in total. The van der Waals surface area contributed by atoms with E-state index in [1.165, 1.54) is 0 Å². The van der Waals surface area contributed by atoms with Gasteiger partial charge < -0.3 is 15.2 Å². The Kier molecular flexibility index (Phi) is 1.75. The molecule has 0 atom stereocenters. The minimum Gasteiger partial charge on any atom is -0.462 e. The van der Waals surface area contributed by atoms with Crippen LogP contribution < -0.4 is 5.73 Å². The van der Waals surface area contributed by atoms with E-state index in [-0.39, 0.29) is 0 Å². The van der Waals surface area contributed by atoms with Crippen molar-refractivity contribution >= 4 is 0 Å². The quantitative estimate of drug-likeness (QED) is 0.516. The zero-order valence-corrected chi connectivity index (χ0v) is 4.59. The van der Waals surface area contributed by atoms with Crippen molar-refractivity contribution in [1.29, 1.82) is 0 Å². The van der Waals surface area contributed by atoms with E-state index in [4.69, 9.17) is 15.2 Å². The van der Waals surface area contributed by atoms with E-state index in [1.807, 2.05) is 0 Å². The summed E-state index contributed by atoms with van der Waals surface area (Å²) in [7, 11) is 0. The fourth-order valence-corrected chi connectivity index (χ4v) is 0.540. The number of nitrogens with two attached hydrogens (primary N) is 1. The van der Waals surface area contributed by atoms with Gasteiger partial charge in [-0.25, -0.2) is 0 Å². The van der Waals surface area contributed by atoms with Gasteiger partial charge in [-0.3, -0.25) is 0 Å². The molecule has 1 heterocycles. The predicted octanol–water partition coefficient (Wildman–Crippen LogP) is -0.167. The van der Waals surface area contributed by atoms with Crippen molar-refractivity contribution in [1.82, 2.24) is 0 Å². The fourth-order valence-electron chi connectivity index (χ4n) is 0.540. The van der Waals surface area contributed by atoms with Crippen molar-refractivity contribution in [2.75, 3.05) is 19.8 Å². The summed E-state index contributed by atoms with van der Waals surface area (Å²) in [6.07, 6.45) is 1.72. The first-order valence-electron chi connectivity index (χ1n) is 2.59. The molecule has 0 radical (unpaired) electrons. The largest absolute Gasteiger partial charge is 0.462 e. The van der Waals surface area contributed by atoms with Crippen LogP contribution in [0.25, 0.3) is 0 Å². The third kappa shape index (κ3) is 1.13. The molecular formula is C5H9NO2.